The van der Waals surface area contributed by atoms with Crippen molar-refractivity contribution >= 4 is 5.97 Å². The number of rotatable bonds is 5. The molecule has 2 heteroatoms. The molecule has 0 saturated carbocycles. The maximum atomic E-state index is 11.4. The van der Waals surface area contributed by atoms with Gasteiger partial charge in [-0.05, 0) is 25.3 Å². The Balaban J connectivity index is 2.29. The Hall–Kier alpha value is -1.31. The van der Waals surface area contributed by atoms with Gasteiger partial charge in [0.25, 0.3) is 0 Å². The first-order valence-electron chi connectivity index (χ1n) is 5.45. The van der Waals surface area contributed by atoms with Gasteiger partial charge in [0.15, 0.2) is 0 Å². The molecule has 0 fully saturated rings. The minimum Gasteiger partial charge on any atom is -0.463 e. The molecule has 0 heterocycles. The third-order valence-electron chi connectivity index (χ3n) is 2.37. The number of hydrogen-bond donors (Lipinski definition) is 0. The molecule has 0 aliphatic rings. The summed E-state index contributed by atoms with van der Waals surface area (Å²) in [7, 11) is 0. The quantitative estimate of drug-likeness (QED) is 0.692. The Morgan fingerprint density at radius 3 is 2.60 bits per heavy atom. The third-order valence-corrected chi connectivity index (χ3v) is 2.37. The van der Waals surface area contributed by atoms with Crippen LogP contribution in [-0.4, -0.2) is 12.1 Å². The second kappa shape index (κ2) is 6.23. The van der Waals surface area contributed by atoms with Crippen molar-refractivity contribution in [3.8, 4) is 0 Å². The highest BCUT2D eigenvalue weighted by atomic mass is 16.5. The van der Waals surface area contributed by atoms with Crippen LogP contribution in [0.15, 0.2) is 30.3 Å². The lowest BCUT2D eigenvalue weighted by Crippen LogP contribution is -2.14. The first-order valence-corrected chi connectivity index (χ1v) is 5.45. The van der Waals surface area contributed by atoms with E-state index in [0.717, 1.165) is 12.8 Å². The molecule has 0 aromatic heterocycles. The van der Waals surface area contributed by atoms with Crippen molar-refractivity contribution in [2.45, 2.75) is 39.2 Å². The third kappa shape index (κ3) is 4.63. The van der Waals surface area contributed by atoms with E-state index >= 15 is 0 Å². The number of ether oxygens (including phenoxy) is 1. The minimum absolute atomic E-state index is 0.0354. The van der Waals surface area contributed by atoms with E-state index < -0.39 is 0 Å². The second-order valence-corrected chi connectivity index (χ2v) is 3.69. The molecule has 1 unspecified atom stereocenters. The van der Waals surface area contributed by atoms with Gasteiger partial charge < -0.3 is 4.74 Å². The fraction of sp³-hybridized carbons (Fsp3) is 0.462. The van der Waals surface area contributed by atoms with Crippen molar-refractivity contribution in [3.05, 3.63) is 35.9 Å². The highest BCUT2D eigenvalue weighted by Gasteiger charge is 2.07. The van der Waals surface area contributed by atoms with Crippen LogP contribution in [0.4, 0.5) is 0 Å². The molecule has 0 saturated heterocycles. The summed E-state index contributed by atoms with van der Waals surface area (Å²) < 4.78 is 5.18. The van der Waals surface area contributed by atoms with Gasteiger partial charge in [-0.15, -0.1) is 0 Å². The highest BCUT2D eigenvalue weighted by Crippen LogP contribution is 2.05. The fourth-order valence-electron chi connectivity index (χ4n) is 1.26. The SMILES string of the molecule is CCC(C)OC(=O)CCc1ccccc1. The maximum Gasteiger partial charge on any atom is 0.306 e. The van der Waals surface area contributed by atoms with Crippen molar-refractivity contribution < 1.29 is 9.53 Å². The first kappa shape index (κ1) is 11.8. The number of carbonyl (C=O) groups is 1. The summed E-state index contributed by atoms with van der Waals surface area (Å²) in [6.07, 6.45) is 2.13. The molecule has 1 atom stereocenters. The van der Waals surface area contributed by atoms with Gasteiger partial charge in [0, 0.05) is 6.42 Å². The Labute approximate surface area is 91.3 Å². The van der Waals surface area contributed by atoms with Crippen LogP contribution in [0, 0.1) is 0 Å². The van der Waals surface area contributed by atoms with Gasteiger partial charge >= 0.3 is 5.97 Å². The lowest BCUT2D eigenvalue weighted by molar-refractivity contribution is -0.148. The lowest BCUT2D eigenvalue weighted by atomic mass is 10.1. The molecule has 0 amide bonds. The van der Waals surface area contributed by atoms with Crippen molar-refractivity contribution in [1.29, 1.82) is 0 Å². The molecule has 0 spiro atoms. The summed E-state index contributed by atoms with van der Waals surface area (Å²) >= 11 is 0. The zero-order valence-electron chi connectivity index (χ0n) is 9.40. The van der Waals surface area contributed by atoms with Gasteiger partial charge in [-0.2, -0.15) is 0 Å². The predicted molar refractivity (Wildman–Crippen MR) is 60.6 cm³/mol. The fourth-order valence-corrected chi connectivity index (χ4v) is 1.26. The number of esters is 1. The standard InChI is InChI=1S/C13H18O2/c1-3-11(2)15-13(14)10-9-12-7-5-4-6-8-12/h4-8,11H,3,9-10H2,1-2H3. The van der Waals surface area contributed by atoms with Gasteiger partial charge in [0.05, 0.1) is 6.10 Å². The number of aryl methyl sites for hydroxylation is 1. The van der Waals surface area contributed by atoms with Crippen LogP contribution >= 0.6 is 0 Å². The molecular formula is C13H18O2. The topological polar surface area (TPSA) is 26.3 Å². The van der Waals surface area contributed by atoms with Crippen LogP contribution in [-0.2, 0) is 16.0 Å². The summed E-state index contributed by atoms with van der Waals surface area (Å²) in [5.74, 6) is -0.104. The van der Waals surface area contributed by atoms with Crippen molar-refractivity contribution in [2.75, 3.05) is 0 Å². The highest BCUT2D eigenvalue weighted by molar-refractivity contribution is 5.69. The lowest BCUT2D eigenvalue weighted by Gasteiger charge is -2.10. The Kier molecular flexibility index (Phi) is 4.88. The zero-order chi connectivity index (χ0) is 11.1. The summed E-state index contributed by atoms with van der Waals surface area (Å²) in [5, 5.41) is 0. The van der Waals surface area contributed by atoms with Gasteiger partial charge in [-0.3, -0.25) is 4.79 Å². The van der Waals surface area contributed by atoms with Crippen LogP contribution in [0.5, 0.6) is 0 Å². The maximum absolute atomic E-state index is 11.4. The molecule has 0 N–H and O–H groups in total. The van der Waals surface area contributed by atoms with E-state index in [4.69, 9.17) is 4.74 Å². The van der Waals surface area contributed by atoms with E-state index in [-0.39, 0.29) is 12.1 Å². The van der Waals surface area contributed by atoms with Crippen molar-refractivity contribution in [1.82, 2.24) is 0 Å². The monoisotopic (exact) mass is 206 g/mol. The van der Waals surface area contributed by atoms with E-state index in [1.807, 2.05) is 44.2 Å². The molecule has 82 valence electrons. The number of hydrogen-bond acceptors (Lipinski definition) is 2. The second-order valence-electron chi connectivity index (χ2n) is 3.69. The minimum atomic E-state index is -0.104. The van der Waals surface area contributed by atoms with Crippen LogP contribution in [0.1, 0.15) is 32.3 Å². The van der Waals surface area contributed by atoms with Crippen molar-refractivity contribution in [2.24, 2.45) is 0 Å². The Morgan fingerprint density at radius 2 is 2.00 bits per heavy atom. The van der Waals surface area contributed by atoms with E-state index in [1.54, 1.807) is 0 Å². The average molecular weight is 206 g/mol. The molecule has 0 bridgehead atoms. The zero-order valence-corrected chi connectivity index (χ0v) is 9.40. The molecule has 15 heavy (non-hydrogen) atoms. The van der Waals surface area contributed by atoms with Crippen molar-refractivity contribution in [3.63, 3.8) is 0 Å². The normalized spacial score (nSPS) is 12.1. The van der Waals surface area contributed by atoms with Crippen LogP contribution in [0.2, 0.25) is 0 Å². The first-order chi connectivity index (χ1) is 7.22. The van der Waals surface area contributed by atoms with E-state index in [1.165, 1.54) is 5.56 Å². The summed E-state index contributed by atoms with van der Waals surface area (Å²) in [6, 6.07) is 9.98. The number of carbonyl (C=O) groups excluding carboxylic acids is 1. The van der Waals surface area contributed by atoms with E-state index in [0.29, 0.717) is 6.42 Å². The molecule has 1 aromatic rings. The Bertz CT molecular complexity index is 293. The molecule has 0 aliphatic carbocycles. The van der Waals surface area contributed by atoms with Crippen LogP contribution in [0.25, 0.3) is 0 Å². The van der Waals surface area contributed by atoms with Gasteiger partial charge in [-0.1, -0.05) is 37.3 Å². The molecule has 0 aliphatic heterocycles. The summed E-state index contributed by atoms with van der Waals surface area (Å²) in [6.45, 7) is 3.93. The molecule has 1 aromatic carbocycles. The average Bonchev–Trinajstić information content (AvgIpc) is 2.27. The Morgan fingerprint density at radius 1 is 1.33 bits per heavy atom. The molecular weight excluding hydrogens is 188 g/mol. The molecule has 1 rings (SSSR count). The predicted octanol–water partition coefficient (Wildman–Crippen LogP) is 2.96. The largest absolute Gasteiger partial charge is 0.463 e. The summed E-state index contributed by atoms with van der Waals surface area (Å²) in [4.78, 5) is 11.4. The van der Waals surface area contributed by atoms with Gasteiger partial charge in [0.2, 0.25) is 0 Å². The smallest absolute Gasteiger partial charge is 0.306 e. The van der Waals surface area contributed by atoms with Gasteiger partial charge in [0.1, 0.15) is 0 Å². The van der Waals surface area contributed by atoms with E-state index in [2.05, 4.69) is 0 Å². The number of benzene rings is 1. The molecule has 0 radical (unpaired) electrons. The summed E-state index contributed by atoms with van der Waals surface area (Å²) in [5.41, 5.74) is 1.18. The molecule has 2 nitrogen and oxygen atoms in total. The van der Waals surface area contributed by atoms with Crippen LogP contribution < -0.4 is 0 Å². The van der Waals surface area contributed by atoms with Crippen LogP contribution in [0.3, 0.4) is 0 Å². The van der Waals surface area contributed by atoms with E-state index in [9.17, 15) is 4.79 Å². The van der Waals surface area contributed by atoms with Gasteiger partial charge in [-0.25, -0.2) is 0 Å².